The van der Waals surface area contributed by atoms with Crippen molar-refractivity contribution >= 4 is 27.1 Å². The highest BCUT2D eigenvalue weighted by molar-refractivity contribution is 7.91. The summed E-state index contributed by atoms with van der Waals surface area (Å²) in [6.45, 7) is 5.87. The van der Waals surface area contributed by atoms with Gasteiger partial charge in [-0.25, -0.2) is 8.42 Å². The van der Waals surface area contributed by atoms with E-state index in [4.69, 9.17) is 0 Å². The summed E-state index contributed by atoms with van der Waals surface area (Å²) in [5, 5.41) is 10.9. The van der Waals surface area contributed by atoms with Crippen molar-refractivity contribution in [2.45, 2.75) is 12.8 Å². The third-order valence-electron chi connectivity index (χ3n) is 4.07. The molecule has 2 N–H and O–H groups in total. The molecule has 2 rings (SSSR count). The van der Waals surface area contributed by atoms with Gasteiger partial charge in [0.2, 0.25) is 0 Å². The third-order valence-corrected chi connectivity index (χ3v) is 6.38. The van der Waals surface area contributed by atoms with Gasteiger partial charge in [0, 0.05) is 39.8 Å². The maximum Gasteiger partial charge on any atom is 0.191 e. The number of thiophene rings is 1. The highest BCUT2D eigenvalue weighted by atomic mass is 32.2. The SMILES string of the molecule is CN=C(NCCN1CCS(=O)(=O)CC1)NCC(C)c1ccsc1. The maximum absolute atomic E-state index is 11.4. The number of nitrogens with zero attached hydrogens (tertiary/aromatic N) is 2. The van der Waals surface area contributed by atoms with Crippen molar-refractivity contribution in [2.24, 2.45) is 4.99 Å². The van der Waals surface area contributed by atoms with E-state index in [2.05, 4.69) is 44.3 Å². The van der Waals surface area contributed by atoms with Crippen LogP contribution in [0.5, 0.6) is 0 Å². The number of hydrogen-bond acceptors (Lipinski definition) is 5. The lowest BCUT2D eigenvalue weighted by Gasteiger charge is -2.26. The first-order valence-electron chi connectivity index (χ1n) is 7.89. The van der Waals surface area contributed by atoms with Crippen LogP contribution in [0.2, 0.25) is 0 Å². The standard InChI is InChI=1S/C15H26N4O2S2/c1-13(14-3-8-22-12-14)11-18-15(16-2)17-4-5-19-6-9-23(20,21)10-7-19/h3,8,12-13H,4-7,9-11H2,1-2H3,(H2,16,17,18). The fourth-order valence-electron chi connectivity index (χ4n) is 2.45. The minimum absolute atomic E-state index is 0.276. The van der Waals surface area contributed by atoms with Crippen molar-refractivity contribution in [3.63, 3.8) is 0 Å². The van der Waals surface area contributed by atoms with Gasteiger partial charge >= 0.3 is 0 Å². The predicted octanol–water partition coefficient (Wildman–Crippen LogP) is 0.747. The molecule has 6 nitrogen and oxygen atoms in total. The van der Waals surface area contributed by atoms with Crippen LogP contribution in [0.1, 0.15) is 18.4 Å². The van der Waals surface area contributed by atoms with E-state index in [-0.39, 0.29) is 11.5 Å². The normalized spacial score (nSPS) is 20.2. The fraction of sp³-hybridized carbons (Fsp3) is 0.667. The summed E-state index contributed by atoms with van der Waals surface area (Å²) in [7, 11) is -1.04. The predicted molar refractivity (Wildman–Crippen MR) is 97.2 cm³/mol. The Hall–Kier alpha value is -1.12. The molecule has 0 aliphatic carbocycles. The third kappa shape index (κ3) is 6.12. The Morgan fingerprint density at radius 3 is 2.74 bits per heavy atom. The second-order valence-electron chi connectivity index (χ2n) is 5.83. The minimum atomic E-state index is -2.80. The zero-order chi connectivity index (χ0) is 16.7. The Balaban J connectivity index is 1.65. The summed E-state index contributed by atoms with van der Waals surface area (Å²) in [5.74, 6) is 1.78. The Bertz CT molecular complexity index is 585. The lowest BCUT2D eigenvalue weighted by Crippen LogP contribution is -2.46. The van der Waals surface area contributed by atoms with Gasteiger partial charge < -0.3 is 10.6 Å². The van der Waals surface area contributed by atoms with Crippen LogP contribution in [0.15, 0.2) is 21.8 Å². The number of sulfone groups is 1. The second kappa shape index (κ2) is 8.65. The minimum Gasteiger partial charge on any atom is -0.356 e. The molecule has 1 fully saturated rings. The van der Waals surface area contributed by atoms with Crippen LogP contribution in [0.25, 0.3) is 0 Å². The molecule has 23 heavy (non-hydrogen) atoms. The number of guanidine groups is 1. The average molecular weight is 359 g/mol. The Kier molecular flexibility index (Phi) is 6.86. The molecule has 0 radical (unpaired) electrons. The van der Waals surface area contributed by atoms with Gasteiger partial charge in [0.25, 0.3) is 0 Å². The molecule has 0 amide bonds. The van der Waals surface area contributed by atoms with E-state index in [0.29, 0.717) is 19.0 Å². The van der Waals surface area contributed by atoms with Gasteiger partial charge in [-0.05, 0) is 28.3 Å². The van der Waals surface area contributed by atoms with Crippen molar-refractivity contribution in [3.8, 4) is 0 Å². The molecule has 0 bridgehead atoms. The maximum atomic E-state index is 11.4. The van der Waals surface area contributed by atoms with Crippen LogP contribution in [0, 0.1) is 0 Å². The Labute approximate surface area is 142 Å². The molecule has 1 aromatic rings. The van der Waals surface area contributed by atoms with Crippen molar-refractivity contribution in [1.29, 1.82) is 0 Å². The molecule has 1 aliphatic heterocycles. The monoisotopic (exact) mass is 358 g/mol. The van der Waals surface area contributed by atoms with Crippen molar-refractivity contribution in [1.82, 2.24) is 15.5 Å². The molecule has 1 aromatic heterocycles. The van der Waals surface area contributed by atoms with Crippen LogP contribution in [-0.2, 0) is 9.84 Å². The van der Waals surface area contributed by atoms with Gasteiger partial charge in [-0.1, -0.05) is 6.92 Å². The summed E-state index contributed by atoms with van der Waals surface area (Å²) < 4.78 is 22.8. The number of rotatable bonds is 6. The van der Waals surface area contributed by atoms with E-state index < -0.39 is 9.84 Å². The summed E-state index contributed by atoms with van der Waals surface area (Å²) >= 11 is 1.72. The zero-order valence-electron chi connectivity index (χ0n) is 13.8. The fourth-order valence-corrected chi connectivity index (χ4v) is 4.51. The van der Waals surface area contributed by atoms with Crippen LogP contribution < -0.4 is 10.6 Å². The molecule has 1 saturated heterocycles. The molecule has 0 spiro atoms. The quantitative estimate of drug-likeness (QED) is 0.580. The Morgan fingerprint density at radius 2 is 2.13 bits per heavy atom. The smallest absolute Gasteiger partial charge is 0.191 e. The first kappa shape index (κ1) is 18.2. The van der Waals surface area contributed by atoms with Crippen LogP contribution in [0.4, 0.5) is 0 Å². The first-order chi connectivity index (χ1) is 11.0. The highest BCUT2D eigenvalue weighted by Crippen LogP contribution is 2.16. The van der Waals surface area contributed by atoms with Crippen molar-refractivity contribution in [3.05, 3.63) is 22.4 Å². The molecule has 0 aromatic carbocycles. The van der Waals surface area contributed by atoms with Gasteiger partial charge in [-0.15, -0.1) is 0 Å². The topological polar surface area (TPSA) is 73.8 Å². The van der Waals surface area contributed by atoms with Crippen LogP contribution >= 0.6 is 11.3 Å². The van der Waals surface area contributed by atoms with Crippen LogP contribution in [-0.4, -0.2) is 70.6 Å². The molecule has 130 valence electrons. The van der Waals surface area contributed by atoms with Crippen LogP contribution in [0.3, 0.4) is 0 Å². The van der Waals surface area contributed by atoms with E-state index in [9.17, 15) is 8.42 Å². The highest BCUT2D eigenvalue weighted by Gasteiger charge is 2.20. The molecule has 0 saturated carbocycles. The number of aliphatic imine (C=N–C) groups is 1. The largest absolute Gasteiger partial charge is 0.356 e. The van der Waals surface area contributed by atoms with E-state index in [1.165, 1.54) is 5.56 Å². The van der Waals surface area contributed by atoms with E-state index in [1.54, 1.807) is 18.4 Å². The first-order valence-corrected chi connectivity index (χ1v) is 10.7. The molecule has 2 heterocycles. The van der Waals surface area contributed by atoms with Crippen molar-refractivity contribution in [2.75, 3.05) is 51.3 Å². The summed E-state index contributed by atoms with van der Waals surface area (Å²) in [6.07, 6.45) is 0. The van der Waals surface area contributed by atoms with Crippen molar-refractivity contribution < 1.29 is 8.42 Å². The zero-order valence-corrected chi connectivity index (χ0v) is 15.4. The molecule has 1 atom stereocenters. The number of nitrogens with one attached hydrogen (secondary N) is 2. The van der Waals surface area contributed by atoms with Gasteiger partial charge in [0.1, 0.15) is 0 Å². The van der Waals surface area contributed by atoms with E-state index in [1.807, 2.05) is 0 Å². The Morgan fingerprint density at radius 1 is 1.39 bits per heavy atom. The average Bonchev–Trinajstić information content (AvgIpc) is 3.06. The molecule has 1 unspecified atom stereocenters. The summed E-state index contributed by atoms with van der Waals surface area (Å²) in [5.41, 5.74) is 1.34. The molecule has 1 aliphatic rings. The van der Waals surface area contributed by atoms with E-state index in [0.717, 1.165) is 25.6 Å². The molecular formula is C15H26N4O2S2. The van der Waals surface area contributed by atoms with Gasteiger partial charge in [-0.2, -0.15) is 11.3 Å². The lowest BCUT2D eigenvalue weighted by molar-refractivity contribution is 0.299. The summed E-state index contributed by atoms with van der Waals surface area (Å²) in [6, 6.07) is 2.15. The van der Waals surface area contributed by atoms with E-state index >= 15 is 0 Å². The lowest BCUT2D eigenvalue weighted by atomic mass is 10.1. The second-order valence-corrected chi connectivity index (χ2v) is 8.91. The number of hydrogen-bond donors (Lipinski definition) is 2. The summed E-state index contributed by atoms with van der Waals surface area (Å²) in [4.78, 5) is 6.41. The van der Waals surface area contributed by atoms with Gasteiger partial charge in [-0.3, -0.25) is 9.89 Å². The van der Waals surface area contributed by atoms with Gasteiger partial charge in [0.05, 0.1) is 11.5 Å². The molecular weight excluding hydrogens is 332 g/mol. The van der Waals surface area contributed by atoms with Gasteiger partial charge in [0.15, 0.2) is 15.8 Å². The molecule has 8 heteroatoms.